The number of rotatable bonds is 3. The highest BCUT2D eigenvalue weighted by molar-refractivity contribution is 9.10. The van der Waals surface area contributed by atoms with Crippen LogP contribution >= 0.6 is 31.9 Å². The van der Waals surface area contributed by atoms with Gasteiger partial charge in [0.2, 0.25) is 0 Å². The van der Waals surface area contributed by atoms with Gasteiger partial charge in [-0.1, -0.05) is 31.9 Å². The van der Waals surface area contributed by atoms with E-state index in [0.29, 0.717) is 12.1 Å². The topological polar surface area (TPSA) is 12.0 Å². The Morgan fingerprint density at radius 1 is 1.06 bits per heavy atom. The van der Waals surface area contributed by atoms with Crippen LogP contribution in [0.4, 0.5) is 10.1 Å². The molecule has 0 heterocycles. The van der Waals surface area contributed by atoms with Crippen LogP contribution in [0, 0.1) is 12.7 Å². The van der Waals surface area contributed by atoms with Crippen molar-refractivity contribution < 1.29 is 4.39 Å². The van der Waals surface area contributed by atoms with E-state index in [1.54, 1.807) is 12.1 Å². The molecule has 0 aliphatic rings. The lowest BCUT2D eigenvalue weighted by Gasteiger charge is -2.09. The molecule has 0 unspecified atom stereocenters. The fourth-order valence-electron chi connectivity index (χ4n) is 1.71. The van der Waals surface area contributed by atoms with Gasteiger partial charge in [-0.25, -0.2) is 4.39 Å². The number of halogens is 3. The van der Waals surface area contributed by atoms with E-state index in [-0.39, 0.29) is 5.82 Å². The van der Waals surface area contributed by atoms with Crippen LogP contribution in [-0.4, -0.2) is 0 Å². The summed E-state index contributed by atoms with van der Waals surface area (Å²) in [5.41, 5.74) is 2.77. The van der Waals surface area contributed by atoms with E-state index < -0.39 is 0 Å². The molecule has 0 fully saturated rings. The van der Waals surface area contributed by atoms with E-state index in [2.05, 4.69) is 37.2 Å². The van der Waals surface area contributed by atoms with Gasteiger partial charge in [-0.3, -0.25) is 0 Å². The normalized spacial score (nSPS) is 10.4. The Morgan fingerprint density at radius 3 is 2.56 bits per heavy atom. The molecule has 2 aromatic rings. The predicted octanol–water partition coefficient (Wildman–Crippen LogP) is 5.27. The lowest BCUT2D eigenvalue weighted by Crippen LogP contribution is -2.02. The van der Waals surface area contributed by atoms with E-state index in [0.717, 1.165) is 20.2 Å². The molecule has 0 saturated heterocycles. The highest BCUT2D eigenvalue weighted by atomic mass is 79.9. The average Bonchev–Trinajstić information content (AvgIpc) is 2.29. The van der Waals surface area contributed by atoms with E-state index in [9.17, 15) is 4.39 Å². The van der Waals surface area contributed by atoms with Gasteiger partial charge in [0, 0.05) is 26.7 Å². The van der Waals surface area contributed by atoms with Crippen molar-refractivity contribution in [1.82, 2.24) is 0 Å². The van der Waals surface area contributed by atoms with Crippen LogP contribution in [0.3, 0.4) is 0 Å². The Bertz CT molecular complexity index is 549. The van der Waals surface area contributed by atoms with E-state index in [4.69, 9.17) is 0 Å². The van der Waals surface area contributed by atoms with Gasteiger partial charge >= 0.3 is 0 Å². The summed E-state index contributed by atoms with van der Waals surface area (Å²) in [6.45, 7) is 2.48. The second-order valence-electron chi connectivity index (χ2n) is 4.11. The summed E-state index contributed by atoms with van der Waals surface area (Å²) >= 11 is 6.79. The van der Waals surface area contributed by atoms with Gasteiger partial charge < -0.3 is 5.32 Å². The van der Waals surface area contributed by atoms with Crippen molar-refractivity contribution in [2.75, 3.05) is 5.32 Å². The lowest BCUT2D eigenvalue weighted by molar-refractivity contribution is 0.612. The standard InChI is InChI=1S/C14H12Br2FN/c1-9-4-12(16)7-13(5-9)18-8-10-6-11(15)2-3-14(10)17/h2-7,18H,8H2,1H3. The second kappa shape index (κ2) is 5.85. The number of aryl methyl sites for hydroxylation is 1. The highest BCUT2D eigenvalue weighted by Crippen LogP contribution is 2.21. The minimum atomic E-state index is -0.197. The smallest absolute Gasteiger partial charge is 0.128 e. The molecule has 0 aliphatic heterocycles. The van der Waals surface area contributed by atoms with Gasteiger partial charge in [-0.2, -0.15) is 0 Å². The molecule has 0 saturated carbocycles. The summed E-state index contributed by atoms with van der Waals surface area (Å²) in [6, 6.07) is 11.0. The van der Waals surface area contributed by atoms with Gasteiger partial charge in [-0.05, 0) is 48.9 Å². The van der Waals surface area contributed by atoms with Crippen LogP contribution in [0.2, 0.25) is 0 Å². The van der Waals surface area contributed by atoms with Crippen LogP contribution < -0.4 is 5.32 Å². The minimum absolute atomic E-state index is 0.197. The van der Waals surface area contributed by atoms with Crippen LogP contribution in [0.5, 0.6) is 0 Å². The largest absolute Gasteiger partial charge is 0.381 e. The van der Waals surface area contributed by atoms with Gasteiger partial charge in [0.15, 0.2) is 0 Å². The zero-order chi connectivity index (χ0) is 13.1. The molecular formula is C14H12Br2FN. The summed E-state index contributed by atoms with van der Waals surface area (Å²) < 4.78 is 15.5. The average molecular weight is 373 g/mol. The summed E-state index contributed by atoms with van der Waals surface area (Å²) in [5, 5.41) is 3.22. The third-order valence-corrected chi connectivity index (χ3v) is 3.48. The summed E-state index contributed by atoms with van der Waals surface area (Å²) in [6.07, 6.45) is 0. The molecule has 2 rings (SSSR count). The van der Waals surface area contributed by atoms with E-state index >= 15 is 0 Å². The van der Waals surface area contributed by atoms with Crippen LogP contribution in [0.25, 0.3) is 0 Å². The first kappa shape index (κ1) is 13.6. The lowest BCUT2D eigenvalue weighted by atomic mass is 10.2. The molecule has 0 amide bonds. The third kappa shape index (κ3) is 3.56. The van der Waals surface area contributed by atoms with Crippen molar-refractivity contribution in [3.63, 3.8) is 0 Å². The second-order valence-corrected chi connectivity index (χ2v) is 5.94. The van der Waals surface area contributed by atoms with Crippen molar-refractivity contribution in [2.24, 2.45) is 0 Å². The first-order chi connectivity index (χ1) is 8.54. The molecule has 2 aromatic carbocycles. The SMILES string of the molecule is Cc1cc(Br)cc(NCc2cc(Br)ccc2F)c1. The molecule has 0 atom stereocenters. The number of hydrogen-bond acceptors (Lipinski definition) is 1. The number of nitrogens with one attached hydrogen (secondary N) is 1. The molecule has 0 aliphatic carbocycles. The molecule has 0 radical (unpaired) electrons. The molecular weight excluding hydrogens is 361 g/mol. The monoisotopic (exact) mass is 371 g/mol. The zero-order valence-corrected chi connectivity index (χ0v) is 13.0. The summed E-state index contributed by atoms with van der Waals surface area (Å²) in [7, 11) is 0. The van der Waals surface area contributed by atoms with Crippen LogP contribution in [0.1, 0.15) is 11.1 Å². The van der Waals surface area contributed by atoms with Crippen molar-refractivity contribution in [3.8, 4) is 0 Å². The van der Waals surface area contributed by atoms with Gasteiger partial charge in [-0.15, -0.1) is 0 Å². The molecule has 0 aromatic heterocycles. The van der Waals surface area contributed by atoms with Crippen LogP contribution in [0.15, 0.2) is 45.3 Å². The molecule has 0 bridgehead atoms. The van der Waals surface area contributed by atoms with Crippen LogP contribution in [-0.2, 0) is 6.54 Å². The Kier molecular flexibility index (Phi) is 4.40. The van der Waals surface area contributed by atoms with E-state index in [1.807, 2.05) is 25.1 Å². The Balaban J connectivity index is 2.13. The maximum Gasteiger partial charge on any atom is 0.128 e. The summed E-state index contributed by atoms with van der Waals surface area (Å²) in [4.78, 5) is 0. The van der Waals surface area contributed by atoms with Gasteiger partial charge in [0.05, 0.1) is 0 Å². The zero-order valence-electron chi connectivity index (χ0n) is 9.81. The molecule has 0 spiro atoms. The first-order valence-electron chi connectivity index (χ1n) is 5.49. The van der Waals surface area contributed by atoms with Crippen molar-refractivity contribution in [1.29, 1.82) is 0 Å². The molecule has 1 nitrogen and oxygen atoms in total. The fraction of sp³-hybridized carbons (Fsp3) is 0.143. The highest BCUT2D eigenvalue weighted by Gasteiger charge is 2.03. The Morgan fingerprint density at radius 2 is 1.83 bits per heavy atom. The number of benzene rings is 2. The number of hydrogen-bond donors (Lipinski definition) is 1. The molecule has 94 valence electrons. The van der Waals surface area contributed by atoms with Crippen molar-refractivity contribution >= 4 is 37.5 Å². The molecule has 18 heavy (non-hydrogen) atoms. The maximum atomic E-state index is 13.6. The quantitative estimate of drug-likeness (QED) is 0.773. The summed E-state index contributed by atoms with van der Waals surface area (Å²) in [5.74, 6) is -0.197. The third-order valence-electron chi connectivity index (χ3n) is 2.53. The molecule has 1 N–H and O–H groups in total. The van der Waals surface area contributed by atoms with Gasteiger partial charge in [0.25, 0.3) is 0 Å². The van der Waals surface area contributed by atoms with Crippen molar-refractivity contribution in [3.05, 3.63) is 62.3 Å². The number of anilines is 1. The predicted molar refractivity (Wildman–Crippen MR) is 80.3 cm³/mol. The fourth-order valence-corrected chi connectivity index (χ4v) is 2.73. The van der Waals surface area contributed by atoms with Gasteiger partial charge in [0.1, 0.15) is 5.82 Å². The maximum absolute atomic E-state index is 13.6. The minimum Gasteiger partial charge on any atom is -0.381 e. The Labute approximate surface area is 123 Å². The van der Waals surface area contributed by atoms with E-state index in [1.165, 1.54) is 6.07 Å². The molecule has 4 heteroatoms. The Hall–Kier alpha value is -0.870. The van der Waals surface area contributed by atoms with Crippen molar-refractivity contribution in [2.45, 2.75) is 13.5 Å². The first-order valence-corrected chi connectivity index (χ1v) is 7.08.